The molecule has 7 heteroatoms. The molecule has 1 spiro atoms. The number of hydrogen-bond donors (Lipinski definition) is 0. The van der Waals surface area contributed by atoms with Crippen molar-refractivity contribution in [1.29, 1.82) is 0 Å². The van der Waals surface area contributed by atoms with E-state index in [9.17, 15) is 14.4 Å². The van der Waals surface area contributed by atoms with E-state index in [0.717, 1.165) is 16.8 Å². The van der Waals surface area contributed by atoms with E-state index in [1.54, 1.807) is 24.1 Å². The summed E-state index contributed by atoms with van der Waals surface area (Å²) >= 11 is 0. The number of hydroxylamine groups is 2. The molecule has 2 bridgehead atoms. The van der Waals surface area contributed by atoms with Gasteiger partial charge in [-0.15, -0.1) is 0 Å². The van der Waals surface area contributed by atoms with Gasteiger partial charge in [0.15, 0.2) is 5.78 Å². The molecule has 29 heavy (non-hydrogen) atoms. The minimum atomic E-state index is -1.06. The highest BCUT2D eigenvalue weighted by Gasteiger charge is 2.70. The molecule has 1 saturated carbocycles. The van der Waals surface area contributed by atoms with Crippen molar-refractivity contribution < 1.29 is 24.0 Å². The van der Waals surface area contributed by atoms with Crippen molar-refractivity contribution in [2.24, 2.45) is 17.3 Å². The lowest BCUT2D eigenvalue weighted by Crippen LogP contribution is -2.61. The summed E-state index contributed by atoms with van der Waals surface area (Å²) in [6, 6.07) is 5.79. The lowest BCUT2D eigenvalue weighted by Gasteiger charge is -2.48. The number of Topliss-reactive ketones (excluding diaryl/α,β-unsaturated/α-hetero) is 1. The lowest BCUT2D eigenvalue weighted by molar-refractivity contribution is -0.182. The Labute approximate surface area is 169 Å². The highest BCUT2D eigenvalue weighted by Crippen LogP contribution is 2.63. The molecule has 0 radical (unpaired) electrons. The van der Waals surface area contributed by atoms with Crippen LogP contribution in [0.4, 0.5) is 5.69 Å². The minimum absolute atomic E-state index is 0.0105. The van der Waals surface area contributed by atoms with E-state index in [2.05, 4.69) is 0 Å². The maximum Gasteiger partial charge on any atom is 0.302 e. The summed E-state index contributed by atoms with van der Waals surface area (Å²) in [4.78, 5) is 47.0. The topological polar surface area (TPSA) is 76.2 Å². The van der Waals surface area contributed by atoms with E-state index >= 15 is 0 Å². The van der Waals surface area contributed by atoms with E-state index in [-0.39, 0.29) is 23.6 Å². The van der Waals surface area contributed by atoms with Crippen LogP contribution in [0.2, 0.25) is 0 Å². The van der Waals surface area contributed by atoms with Gasteiger partial charge in [-0.1, -0.05) is 26.0 Å². The number of likely N-dealkylation sites (N-methyl/N-ethyl adjacent to an activating group) is 2. The minimum Gasteiger partial charge on any atom is -0.462 e. The zero-order chi connectivity index (χ0) is 20.9. The van der Waals surface area contributed by atoms with Gasteiger partial charge in [0.25, 0.3) is 0 Å². The van der Waals surface area contributed by atoms with Crippen molar-refractivity contribution in [2.75, 3.05) is 25.6 Å². The molecule has 1 aromatic rings. The summed E-state index contributed by atoms with van der Waals surface area (Å²) in [6.45, 7) is 5.69. The van der Waals surface area contributed by atoms with Crippen LogP contribution in [0.15, 0.2) is 18.2 Å². The number of carbonyl (C=O) groups excluding carboxylic acids is 3. The number of fused-ring (bicyclic) bond motifs is 1. The zero-order valence-corrected chi connectivity index (χ0v) is 17.4. The van der Waals surface area contributed by atoms with E-state index in [4.69, 9.17) is 9.57 Å². The average molecular weight is 398 g/mol. The molecule has 0 N–H and O–H groups in total. The van der Waals surface area contributed by atoms with Gasteiger partial charge in [0.2, 0.25) is 5.91 Å². The standard InChI is InChI=1S/C22H26N2O5/c1-11(25)29-16-9-13-19(26)22(14(16)10-28-24(22)5)12-7-6-8-15-17(12)18(21(13,2)3)20(27)23(15)4/h6-8,13-14,16,18H,9-10H2,1-5H3/t13-,14+,16?,18?,22+/m1/s1. The van der Waals surface area contributed by atoms with Crippen LogP contribution in [0.25, 0.3) is 0 Å². The Morgan fingerprint density at radius 2 is 1.97 bits per heavy atom. The number of carbonyl (C=O) groups is 3. The molecule has 1 amide bonds. The third kappa shape index (κ3) is 2.02. The maximum absolute atomic E-state index is 14.1. The summed E-state index contributed by atoms with van der Waals surface area (Å²) in [5, 5.41) is 1.65. The number of ketones is 1. The van der Waals surface area contributed by atoms with Crippen molar-refractivity contribution in [2.45, 2.75) is 44.8 Å². The van der Waals surface area contributed by atoms with Crippen LogP contribution >= 0.6 is 0 Å². The normalized spacial score (nSPS) is 37.2. The van der Waals surface area contributed by atoms with E-state index < -0.39 is 28.9 Å². The molecule has 2 aliphatic carbocycles. The second-order valence-corrected chi connectivity index (χ2v) is 9.36. The monoisotopic (exact) mass is 398 g/mol. The molecule has 154 valence electrons. The third-order valence-corrected chi connectivity index (χ3v) is 7.77. The molecule has 5 atom stereocenters. The summed E-state index contributed by atoms with van der Waals surface area (Å²) in [7, 11) is 3.57. The van der Waals surface area contributed by atoms with Crippen molar-refractivity contribution in [3.63, 3.8) is 0 Å². The van der Waals surface area contributed by atoms with Crippen molar-refractivity contribution in [3.05, 3.63) is 29.3 Å². The first-order valence-corrected chi connectivity index (χ1v) is 10.1. The van der Waals surface area contributed by atoms with Crippen LogP contribution < -0.4 is 4.90 Å². The largest absolute Gasteiger partial charge is 0.462 e. The molecule has 7 nitrogen and oxygen atoms in total. The first kappa shape index (κ1) is 18.8. The van der Waals surface area contributed by atoms with Crippen LogP contribution in [-0.2, 0) is 29.5 Å². The Bertz CT molecular complexity index is 957. The number of benzene rings is 1. The number of rotatable bonds is 1. The Morgan fingerprint density at radius 1 is 1.24 bits per heavy atom. The number of anilines is 1. The summed E-state index contributed by atoms with van der Waals surface area (Å²) in [5.74, 6) is -1.46. The molecule has 1 aromatic carbocycles. The fourth-order valence-corrected chi connectivity index (χ4v) is 6.43. The van der Waals surface area contributed by atoms with Gasteiger partial charge in [-0.3, -0.25) is 19.2 Å². The van der Waals surface area contributed by atoms with Crippen LogP contribution in [0.5, 0.6) is 0 Å². The van der Waals surface area contributed by atoms with Crippen molar-refractivity contribution in [1.82, 2.24) is 5.06 Å². The Kier molecular flexibility index (Phi) is 3.67. The molecular weight excluding hydrogens is 372 g/mol. The van der Waals surface area contributed by atoms with E-state index in [0.29, 0.717) is 13.0 Å². The van der Waals surface area contributed by atoms with Crippen molar-refractivity contribution >= 4 is 23.3 Å². The van der Waals surface area contributed by atoms with Gasteiger partial charge in [0.05, 0.1) is 18.4 Å². The van der Waals surface area contributed by atoms with Crippen LogP contribution in [0.3, 0.4) is 0 Å². The first-order chi connectivity index (χ1) is 13.6. The second-order valence-electron chi connectivity index (χ2n) is 9.36. The SMILES string of the molecule is CC(=O)OC1C[C@@H]2C(=O)[C@]3(c4cccc5c4C(C(=O)N5C)C2(C)C)[C@H]1CON3C. The van der Waals surface area contributed by atoms with E-state index in [1.165, 1.54) is 6.92 Å². The van der Waals surface area contributed by atoms with Gasteiger partial charge in [0, 0.05) is 32.6 Å². The molecule has 4 aliphatic rings. The molecule has 2 heterocycles. The third-order valence-electron chi connectivity index (χ3n) is 7.77. The van der Waals surface area contributed by atoms with Gasteiger partial charge in [0.1, 0.15) is 11.6 Å². The van der Waals surface area contributed by atoms with Crippen LogP contribution in [0, 0.1) is 17.3 Å². The molecule has 2 fully saturated rings. The summed E-state index contributed by atoms with van der Waals surface area (Å²) in [6.07, 6.45) is -0.0341. The van der Waals surface area contributed by atoms with Gasteiger partial charge in [-0.25, -0.2) is 0 Å². The van der Waals surface area contributed by atoms with Crippen molar-refractivity contribution in [3.8, 4) is 0 Å². The fourth-order valence-electron chi connectivity index (χ4n) is 6.43. The Morgan fingerprint density at radius 3 is 2.66 bits per heavy atom. The zero-order valence-electron chi connectivity index (χ0n) is 17.4. The molecule has 1 saturated heterocycles. The quantitative estimate of drug-likeness (QED) is 0.674. The second kappa shape index (κ2) is 5.67. The van der Waals surface area contributed by atoms with Crippen LogP contribution in [0.1, 0.15) is 44.2 Å². The highest BCUT2D eigenvalue weighted by molar-refractivity contribution is 6.08. The molecule has 0 aromatic heterocycles. The smallest absolute Gasteiger partial charge is 0.302 e. The molecule has 2 aliphatic heterocycles. The molecule has 2 unspecified atom stereocenters. The van der Waals surface area contributed by atoms with Crippen LogP contribution in [-0.4, -0.2) is 49.5 Å². The molecular formula is C22H26N2O5. The predicted octanol–water partition coefficient (Wildman–Crippen LogP) is 2.00. The molecule has 5 rings (SSSR count). The Hall–Kier alpha value is -2.25. The number of hydrogen-bond acceptors (Lipinski definition) is 6. The number of amides is 1. The Balaban J connectivity index is 1.86. The van der Waals surface area contributed by atoms with Gasteiger partial charge >= 0.3 is 5.97 Å². The maximum atomic E-state index is 14.1. The first-order valence-electron chi connectivity index (χ1n) is 10.1. The van der Waals surface area contributed by atoms with Gasteiger partial charge in [-0.2, -0.15) is 5.06 Å². The summed E-state index contributed by atoms with van der Waals surface area (Å²) < 4.78 is 5.74. The van der Waals surface area contributed by atoms with E-state index in [1.807, 2.05) is 32.0 Å². The number of esters is 1. The predicted molar refractivity (Wildman–Crippen MR) is 104 cm³/mol. The van der Waals surface area contributed by atoms with Gasteiger partial charge in [-0.05, 0) is 29.0 Å². The summed E-state index contributed by atoms with van der Waals surface area (Å²) in [5.41, 5.74) is 0.904. The number of ether oxygens (including phenoxy) is 1. The highest BCUT2D eigenvalue weighted by atomic mass is 16.7. The average Bonchev–Trinajstić information content (AvgIpc) is 3.12. The van der Waals surface area contributed by atoms with Gasteiger partial charge < -0.3 is 9.64 Å². The lowest BCUT2D eigenvalue weighted by atomic mass is 9.58. The fraction of sp³-hybridized carbons (Fsp3) is 0.591. The number of nitrogens with zero attached hydrogens (tertiary/aromatic N) is 2.